The Morgan fingerprint density at radius 2 is 0.918 bits per heavy atom. The zero-order valence-electron chi connectivity index (χ0n) is 32.1. The van der Waals surface area contributed by atoms with Crippen molar-refractivity contribution in [1.29, 1.82) is 0 Å². The predicted octanol–water partition coefficient (Wildman–Crippen LogP) is 11.8. The number of carbonyl (C=O) groups excluding carboxylic acids is 2. The van der Waals surface area contributed by atoms with E-state index in [-0.39, 0.29) is 25.2 Å². The Labute approximate surface area is 302 Å². The van der Waals surface area contributed by atoms with E-state index in [1.54, 1.807) is 0 Å². The average molecular weight is 691 g/mol. The Bertz CT molecular complexity index is 804. The normalized spacial score (nSPS) is 13.1. The van der Waals surface area contributed by atoms with Crippen molar-refractivity contribution in [2.75, 3.05) is 13.2 Å². The molecule has 0 amide bonds. The maximum absolute atomic E-state index is 12.0. The monoisotopic (exact) mass is 691 g/mol. The number of unbranched alkanes of at least 4 members (excludes halogenated alkanes) is 23. The van der Waals surface area contributed by atoms with Crippen molar-refractivity contribution in [2.24, 2.45) is 0 Å². The molecule has 0 spiro atoms. The molecule has 1 unspecified atom stereocenters. The lowest BCUT2D eigenvalue weighted by Crippen LogP contribution is -2.25. The summed E-state index contributed by atoms with van der Waals surface area (Å²) in [6.45, 7) is 4.08. The molecule has 0 saturated carbocycles. The Morgan fingerprint density at radius 3 is 1.35 bits per heavy atom. The van der Waals surface area contributed by atoms with Gasteiger partial charge in [0.25, 0.3) is 0 Å². The van der Waals surface area contributed by atoms with Crippen molar-refractivity contribution in [1.82, 2.24) is 0 Å². The number of hydrogen-bond acceptors (Lipinski definition) is 6. The fraction of sp³-hybridized carbons (Fsp3) is 0.814. The first-order valence-corrected chi connectivity index (χ1v) is 20.6. The minimum absolute atomic E-state index is 0.133. The summed E-state index contributed by atoms with van der Waals surface area (Å²) in [5.41, 5.74) is 0. The molecule has 2 atom stereocenters. The molecule has 49 heavy (non-hydrogen) atoms. The lowest BCUT2D eigenvalue weighted by atomic mass is 10.0. The summed E-state index contributed by atoms with van der Waals surface area (Å²) in [5, 5.41) is 19.8. The molecule has 0 rings (SSSR count). The Hall–Kier alpha value is -1.92. The number of ether oxygens (including phenoxy) is 2. The predicted molar refractivity (Wildman–Crippen MR) is 207 cm³/mol. The summed E-state index contributed by atoms with van der Waals surface area (Å²) in [7, 11) is 0. The van der Waals surface area contributed by atoms with Gasteiger partial charge in [-0.15, -0.1) is 0 Å². The van der Waals surface area contributed by atoms with Crippen LogP contribution >= 0.6 is 0 Å². The SMILES string of the molecule is CC/C=C/CC(O)/C=C/C=C/CCCCCCCC(=O)OC[C@H](O)COC(=O)CCCCCCCCCCCCCCCCCCCCC. The van der Waals surface area contributed by atoms with Gasteiger partial charge in [-0.3, -0.25) is 9.59 Å². The van der Waals surface area contributed by atoms with Crippen LogP contribution < -0.4 is 0 Å². The quantitative estimate of drug-likeness (QED) is 0.0292. The highest BCUT2D eigenvalue weighted by Crippen LogP contribution is 2.15. The summed E-state index contributed by atoms with van der Waals surface area (Å²) < 4.78 is 10.3. The van der Waals surface area contributed by atoms with Crippen LogP contribution in [0, 0.1) is 0 Å². The molecule has 0 aliphatic heterocycles. The summed E-state index contributed by atoms with van der Waals surface area (Å²) in [4.78, 5) is 24.0. The zero-order valence-corrected chi connectivity index (χ0v) is 32.1. The molecule has 0 aromatic carbocycles. The Balaban J connectivity index is 3.46. The van der Waals surface area contributed by atoms with Crippen molar-refractivity contribution in [2.45, 2.75) is 212 Å². The maximum atomic E-state index is 12.0. The van der Waals surface area contributed by atoms with E-state index in [4.69, 9.17) is 9.47 Å². The van der Waals surface area contributed by atoms with Gasteiger partial charge in [0.1, 0.15) is 19.3 Å². The van der Waals surface area contributed by atoms with Crippen LogP contribution in [-0.2, 0) is 19.1 Å². The number of carbonyl (C=O) groups is 2. The second kappa shape index (κ2) is 38.9. The summed E-state index contributed by atoms with van der Waals surface area (Å²) in [6.07, 6.45) is 43.9. The van der Waals surface area contributed by atoms with Crippen molar-refractivity contribution in [3.05, 3.63) is 36.5 Å². The van der Waals surface area contributed by atoms with E-state index < -0.39 is 12.2 Å². The minimum Gasteiger partial charge on any atom is -0.463 e. The molecule has 0 fully saturated rings. The van der Waals surface area contributed by atoms with Gasteiger partial charge in [-0.2, -0.15) is 0 Å². The molecule has 2 N–H and O–H groups in total. The first-order chi connectivity index (χ1) is 24.0. The van der Waals surface area contributed by atoms with Crippen molar-refractivity contribution in [3.8, 4) is 0 Å². The first kappa shape index (κ1) is 47.1. The van der Waals surface area contributed by atoms with Gasteiger partial charge < -0.3 is 19.7 Å². The lowest BCUT2D eigenvalue weighted by Gasteiger charge is -2.12. The minimum atomic E-state index is -0.984. The Morgan fingerprint density at radius 1 is 0.510 bits per heavy atom. The van der Waals surface area contributed by atoms with Crippen LogP contribution in [0.2, 0.25) is 0 Å². The van der Waals surface area contributed by atoms with Crippen LogP contribution in [0.25, 0.3) is 0 Å². The topological polar surface area (TPSA) is 93.1 Å². The molecular formula is C43H78O6. The molecule has 0 radical (unpaired) electrons. The van der Waals surface area contributed by atoms with E-state index in [0.717, 1.165) is 64.2 Å². The van der Waals surface area contributed by atoms with Gasteiger partial charge in [-0.05, 0) is 38.5 Å². The van der Waals surface area contributed by atoms with Gasteiger partial charge >= 0.3 is 11.9 Å². The number of aliphatic hydroxyl groups is 2. The lowest BCUT2D eigenvalue weighted by molar-refractivity contribution is -0.152. The number of aliphatic hydroxyl groups excluding tert-OH is 2. The molecule has 0 aliphatic carbocycles. The smallest absolute Gasteiger partial charge is 0.305 e. The number of hydrogen-bond donors (Lipinski definition) is 2. The molecule has 0 aliphatic rings. The third-order valence-corrected chi connectivity index (χ3v) is 8.97. The van der Waals surface area contributed by atoms with Gasteiger partial charge in [-0.25, -0.2) is 0 Å². The third-order valence-electron chi connectivity index (χ3n) is 8.97. The summed E-state index contributed by atoms with van der Waals surface area (Å²) >= 11 is 0. The molecular weight excluding hydrogens is 612 g/mol. The highest BCUT2D eigenvalue weighted by molar-refractivity contribution is 5.69. The standard InChI is InChI=1S/C43H78O6/c1-3-5-7-8-9-10-11-12-13-14-15-16-17-18-19-22-25-28-32-36-42(46)48-38-41(45)39-49-43(47)37-33-29-26-23-20-21-24-27-31-35-40(44)34-30-6-4-2/h6,24,27,30-31,35,40-41,44-45H,3-5,7-23,25-26,28-29,32-34,36-39H2,1-2H3/b27-24+,30-6+,35-31+/t40?,41-/m1/s1. The van der Waals surface area contributed by atoms with Crippen LogP contribution in [0.4, 0.5) is 0 Å². The molecule has 0 aromatic heterocycles. The van der Waals surface area contributed by atoms with Gasteiger partial charge in [0.15, 0.2) is 0 Å². The van der Waals surface area contributed by atoms with E-state index in [1.807, 2.05) is 24.3 Å². The van der Waals surface area contributed by atoms with Gasteiger partial charge in [-0.1, -0.05) is 185 Å². The second-order valence-electron chi connectivity index (χ2n) is 13.9. The Kier molecular flexibility index (Phi) is 37.4. The van der Waals surface area contributed by atoms with Gasteiger partial charge in [0, 0.05) is 12.8 Å². The third kappa shape index (κ3) is 38.7. The van der Waals surface area contributed by atoms with E-state index >= 15 is 0 Å². The van der Waals surface area contributed by atoms with Crippen molar-refractivity contribution >= 4 is 11.9 Å². The van der Waals surface area contributed by atoms with Crippen LogP contribution in [-0.4, -0.2) is 47.6 Å². The van der Waals surface area contributed by atoms with E-state index in [9.17, 15) is 19.8 Å². The second-order valence-corrected chi connectivity index (χ2v) is 13.9. The largest absolute Gasteiger partial charge is 0.463 e. The molecule has 0 bridgehead atoms. The molecule has 0 heterocycles. The fourth-order valence-corrected chi connectivity index (χ4v) is 5.83. The highest BCUT2D eigenvalue weighted by atomic mass is 16.6. The van der Waals surface area contributed by atoms with Crippen LogP contribution in [0.1, 0.15) is 200 Å². The van der Waals surface area contributed by atoms with E-state index in [1.165, 1.54) is 103 Å². The van der Waals surface area contributed by atoms with E-state index in [0.29, 0.717) is 19.3 Å². The number of allylic oxidation sites excluding steroid dienone is 4. The number of rotatable bonds is 37. The molecule has 0 aromatic rings. The maximum Gasteiger partial charge on any atom is 0.305 e. The van der Waals surface area contributed by atoms with Gasteiger partial charge in [0.05, 0.1) is 6.10 Å². The van der Waals surface area contributed by atoms with Crippen LogP contribution in [0.15, 0.2) is 36.5 Å². The molecule has 0 saturated heterocycles. The summed E-state index contributed by atoms with van der Waals surface area (Å²) in [6, 6.07) is 0. The highest BCUT2D eigenvalue weighted by Gasteiger charge is 2.12. The number of esters is 2. The van der Waals surface area contributed by atoms with Crippen LogP contribution in [0.3, 0.4) is 0 Å². The zero-order chi connectivity index (χ0) is 35.9. The van der Waals surface area contributed by atoms with Crippen LogP contribution in [0.5, 0.6) is 0 Å². The summed E-state index contributed by atoms with van der Waals surface area (Å²) in [5.74, 6) is -0.611. The first-order valence-electron chi connectivity index (χ1n) is 20.6. The van der Waals surface area contributed by atoms with Gasteiger partial charge in [0.2, 0.25) is 0 Å². The van der Waals surface area contributed by atoms with Crippen molar-refractivity contribution in [3.63, 3.8) is 0 Å². The van der Waals surface area contributed by atoms with Crippen molar-refractivity contribution < 1.29 is 29.3 Å². The molecule has 286 valence electrons. The molecule has 6 heteroatoms. The average Bonchev–Trinajstić information content (AvgIpc) is 3.09. The fourth-order valence-electron chi connectivity index (χ4n) is 5.83. The molecule has 6 nitrogen and oxygen atoms in total. The van der Waals surface area contributed by atoms with E-state index in [2.05, 4.69) is 26.0 Å².